The van der Waals surface area contributed by atoms with E-state index in [4.69, 9.17) is 10.00 Å². The molecule has 2 rings (SSSR count). The highest BCUT2D eigenvalue weighted by Gasteiger charge is 2.38. The van der Waals surface area contributed by atoms with Crippen LogP contribution in [0.1, 0.15) is 44.9 Å². The Morgan fingerprint density at radius 3 is 2.69 bits per heavy atom. The van der Waals surface area contributed by atoms with Crippen LogP contribution in [0.3, 0.4) is 0 Å². The Hall–Kier alpha value is -0.590. The maximum atomic E-state index is 9.15. The fraction of sp³-hybridized carbons (Fsp3) is 0.923. The van der Waals surface area contributed by atoms with Gasteiger partial charge in [-0.25, -0.2) is 0 Å². The average molecular weight is 222 g/mol. The normalized spacial score (nSPS) is 35.4. The predicted molar refractivity (Wildman–Crippen MR) is 63.0 cm³/mol. The van der Waals surface area contributed by atoms with Gasteiger partial charge >= 0.3 is 0 Å². The second-order valence-corrected chi connectivity index (χ2v) is 5.29. The molecule has 0 spiro atoms. The van der Waals surface area contributed by atoms with Gasteiger partial charge in [-0.1, -0.05) is 12.8 Å². The molecule has 0 heterocycles. The van der Waals surface area contributed by atoms with Gasteiger partial charge in [0.1, 0.15) is 5.54 Å². The minimum Gasteiger partial charge on any atom is -0.378 e. The Morgan fingerprint density at radius 1 is 1.38 bits per heavy atom. The topological polar surface area (TPSA) is 45.0 Å². The third-order valence-corrected chi connectivity index (χ3v) is 4.20. The van der Waals surface area contributed by atoms with Gasteiger partial charge in [0, 0.05) is 13.0 Å². The Labute approximate surface area is 98.2 Å². The lowest BCUT2D eigenvalue weighted by atomic mass is 10.0. The van der Waals surface area contributed by atoms with Crippen LogP contribution in [0.25, 0.3) is 0 Å². The lowest BCUT2D eigenvalue weighted by Gasteiger charge is -2.20. The van der Waals surface area contributed by atoms with Gasteiger partial charge in [-0.3, -0.25) is 0 Å². The minimum atomic E-state index is -0.319. The molecule has 1 N–H and O–H groups in total. The van der Waals surface area contributed by atoms with E-state index in [1.54, 1.807) is 0 Å². The summed E-state index contributed by atoms with van der Waals surface area (Å²) < 4.78 is 5.95. The van der Waals surface area contributed by atoms with Crippen molar-refractivity contribution < 1.29 is 4.74 Å². The summed E-state index contributed by atoms with van der Waals surface area (Å²) >= 11 is 0. The summed E-state index contributed by atoms with van der Waals surface area (Å²) in [6, 6.07) is 2.39. The van der Waals surface area contributed by atoms with Crippen LogP contribution in [-0.2, 0) is 4.74 Å². The van der Waals surface area contributed by atoms with Crippen molar-refractivity contribution >= 4 is 0 Å². The molecule has 16 heavy (non-hydrogen) atoms. The number of rotatable bonds is 4. The van der Waals surface area contributed by atoms with Crippen LogP contribution < -0.4 is 5.32 Å². The molecular formula is C13H22N2O. The van der Waals surface area contributed by atoms with Gasteiger partial charge in [0.2, 0.25) is 0 Å². The maximum absolute atomic E-state index is 9.15. The first-order valence-corrected chi connectivity index (χ1v) is 6.50. The molecule has 0 aliphatic heterocycles. The largest absolute Gasteiger partial charge is 0.378 e. The summed E-state index contributed by atoms with van der Waals surface area (Å²) in [7, 11) is 1.88. The number of nitriles is 1. The standard InChI is InChI=1S/C13H22N2O/c1-15-13(10-14)7-6-12(8-13)16-9-11-4-2-3-5-11/h11-12,15H,2-9H2,1H3. The molecule has 0 bridgehead atoms. The van der Waals surface area contributed by atoms with Gasteiger partial charge in [0.15, 0.2) is 0 Å². The molecule has 2 aliphatic carbocycles. The molecule has 0 radical (unpaired) electrons. The van der Waals surface area contributed by atoms with Crippen molar-refractivity contribution in [2.75, 3.05) is 13.7 Å². The van der Waals surface area contributed by atoms with Gasteiger partial charge in [-0.2, -0.15) is 5.26 Å². The van der Waals surface area contributed by atoms with E-state index in [2.05, 4.69) is 11.4 Å². The second kappa shape index (κ2) is 5.16. The molecule has 2 atom stereocenters. The van der Waals surface area contributed by atoms with Gasteiger partial charge in [0.05, 0.1) is 12.2 Å². The Kier molecular flexibility index (Phi) is 3.83. The first-order chi connectivity index (χ1) is 7.78. The van der Waals surface area contributed by atoms with Crippen LogP contribution in [0.2, 0.25) is 0 Å². The van der Waals surface area contributed by atoms with E-state index in [1.165, 1.54) is 25.7 Å². The fourth-order valence-corrected chi connectivity index (χ4v) is 2.98. The summed E-state index contributed by atoms with van der Waals surface area (Å²) in [6.45, 7) is 0.913. The fourth-order valence-electron chi connectivity index (χ4n) is 2.98. The van der Waals surface area contributed by atoms with E-state index in [9.17, 15) is 0 Å². The van der Waals surface area contributed by atoms with E-state index in [0.29, 0.717) is 6.10 Å². The lowest BCUT2D eigenvalue weighted by molar-refractivity contribution is 0.0320. The van der Waals surface area contributed by atoms with Crippen molar-refractivity contribution in [1.29, 1.82) is 5.26 Å². The van der Waals surface area contributed by atoms with Crippen LogP contribution in [0, 0.1) is 17.2 Å². The summed E-state index contributed by atoms with van der Waals surface area (Å²) in [4.78, 5) is 0. The van der Waals surface area contributed by atoms with Crippen molar-refractivity contribution in [2.24, 2.45) is 5.92 Å². The molecule has 2 fully saturated rings. The lowest BCUT2D eigenvalue weighted by Crippen LogP contribution is -2.39. The molecule has 90 valence electrons. The van der Waals surface area contributed by atoms with Gasteiger partial charge in [0.25, 0.3) is 0 Å². The highest BCUT2D eigenvalue weighted by molar-refractivity contribution is 5.11. The third kappa shape index (κ3) is 2.56. The molecule has 3 heteroatoms. The van der Waals surface area contributed by atoms with Crippen LogP contribution in [-0.4, -0.2) is 25.3 Å². The van der Waals surface area contributed by atoms with Crippen LogP contribution in [0.15, 0.2) is 0 Å². The number of nitrogens with zero attached hydrogens (tertiary/aromatic N) is 1. The molecule has 2 unspecified atom stereocenters. The molecule has 3 nitrogen and oxygen atoms in total. The summed E-state index contributed by atoms with van der Waals surface area (Å²) in [5, 5.41) is 12.3. The summed E-state index contributed by atoms with van der Waals surface area (Å²) in [6.07, 6.45) is 8.52. The predicted octanol–water partition coefficient (Wildman–Crippen LogP) is 2.23. The zero-order valence-corrected chi connectivity index (χ0v) is 10.2. The van der Waals surface area contributed by atoms with E-state index >= 15 is 0 Å². The molecule has 2 saturated carbocycles. The number of hydrogen-bond acceptors (Lipinski definition) is 3. The van der Waals surface area contributed by atoms with Gasteiger partial charge in [-0.15, -0.1) is 0 Å². The molecule has 0 amide bonds. The number of hydrogen-bond donors (Lipinski definition) is 1. The highest BCUT2D eigenvalue weighted by atomic mass is 16.5. The van der Waals surface area contributed by atoms with Crippen molar-refractivity contribution in [3.63, 3.8) is 0 Å². The zero-order valence-electron chi connectivity index (χ0n) is 10.2. The minimum absolute atomic E-state index is 0.299. The van der Waals surface area contributed by atoms with E-state index < -0.39 is 0 Å². The molecule has 0 saturated heterocycles. The number of ether oxygens (including phenoxy) is 1. The Balaban J connectivity index is 1.74. The molecule has 0 aromatic heterocycles. The molecule has 0 aromatic rings. The SMILES string of the molecule is CNC1(C#N)CCC(OCC2CCCC2)C1. The smallest absolute Gasteiger partial charge is 0.109 e. The Morgan fingerprint density at radius 2 is 2.12 bits per heavy atom. The van der Waals surface area contributed by atoms with Crippen molar-refractivity contribution in [3.8, 4) is 6.07 Å². The van der Waals surface area contributed by atoms with E-state index in [0.717, 1.165) is 31.8 Å². The average Bonchev–Trinajstić information content (AvgIpc) is 2.96. The zero-order chi connectivity index (χ0) is 11.4. The van der Waals surface area contributed by atoms with Crippen molar-refractivity contribution in [2.45, 2.75) is 56.6 Å². The third-order valence-electron chi connectivity index (χ3n) is 4.20. The van der Waals surface area contributed by atoms with Crippen LogP contribution >= 0.6 is 0 Å². The van der Waals surface area contributed by atoms with Crippen LogP contribution in [0.4, 0.5) is 0 Å². The Bertz CT molecular complexity index is 268. The van der Waals surface area contributed by atoms with Crippen LogP contribution in [0.5, 0.6) is 0 Å². The molecule has 0 aromatic carbocycles. The number of nitrogens with one attached hydrogen (secondary N) is 1. The monoisotopic (exact) mass is 222 g/mol. The molecular weight excluding hydrogens is 200 g/mol. The van der Waals surface area contributed by atoms with Gasteiger partial charge < -0.3 is 10.1 Å². The van der Waals surface area contributed by atoms with Crippen molar-refractivity contribution in [1.82, 2.24) is 5.32 Å². The maximum Gasteiger partial charge on any atom is 0.109 e. The van der Waals surface area contributed by atoms with E-state index in [-0.39, 0.29) is 5.54 Å². The van der Waals surface area contributed by atoms with Crippen molar-refractivity contribution in [3.05, 3.63) is 0 Å². The summed E-state index contributed by atoms with van der Waals surface area (Å²) in [5.41, 5.74) is -0.319. The first kappa shape index (κ1) is 11.9. The summed E-state index contributed by atoms with van der Waals surface area (Å²) in [5.74, 6) is 0.784. The first-order valence-electron chi connectivity index (χ1n) is 6.50. The highest BCUT2D eigenvalue weighted by Crippen LogP contribution is 2.32. The van der Waals surface area contributed by atoms with Gasteiger partial charge in [-0.05, 0) is 38.6 Å². The second-order valence-electron chi connectivity index (χ2n) is 5.29. The molecule has 2 aliphatic rings. The quantitative estimate of drug-likeness (QED) is 0.793. The van der Waals surface area contributed by atoms with E-state index in [1.807, 2.05) is 7.05 Å².